The second-order valence-corrected chi connectivity index (χ2v) is 4.55. The molecule has 0 spiro atoms. The topological polar surface area (TPSA) is 0 Å². The van der Waals surface area contributed by atoms with E-state index >= 15 is 0 Å². The van der Waals surface area contributed by atoms with E-state index < -0.39 is 0 Å². The van der Waals surface area contributed by atoms with Crippen molar-refractivity contribution in [3.63, 3.8) is 0 Å². The summed E-state index contributed by atoms with van der Waals surface area (Å²) < 4.78 is 1.22. The summed E-state index contributed by atoms with van der Waals surface area (Å²) in [5.41, 5.74) is 1.40. The molecule has 0 radical (unpaired) electrons. The van der Waals surface area contributed by atoms with E-state index in [0.717, 1.165) is 5.33 Å². The fourth-order valence-corrected chi connectivity index (χ4v) is 2.56. The molecule has 0 nitrogen and oxygen atoms in total. The summed E-state index contributed by atoms with van der Waals surface area (Å²) in [4.78, 5) is 0. The molecule has 1 aromatic carbocycles. The molecule has 0 fully saturated rings. The van der Waals surface area contributed by atoms with E-state index in [9.17, 15) is 0 Å². The minimum absolute atomic E-state index is 0.625. The molecule has 0 saturated heterocycles. The van der Waals surface area contributed by atoms with Crippen molar-refractivity contribution >= 4 is 31.9 Å². The molecule has 1 aromatic rings. The number of halogens is 2. The van der Waals surface area contributed by atoms with Gasteiger partial charge in [-0.05, 0) is 24.0 Å². The third-order valence-electron chi connectivity index (χ3n) is 1.98. The molecule has 0 saturated carbocycles. The van der Waals surface area contributed by atoms with Gasteiger partial charge in [-0.2, -0.15) is 0 Å². The van der Waals surface area contributed by atoms with Crippen molar-refractivity contribution in [2.24, 2.45) is 0 Å². The molecule has 0 amide bonds. The van der Waals surface area contributed by atoms with Crippen molar-refractivity contribution in [1.29, 1.82) is 0 Å². The molecule has 0 bridgehead atoms. The SMILES string of the molecule is CC(CCBr)c1ccccc1Br. The third-order valence-corrected chi connectivity index (χ3v) is 3.16. The lowest BCUT2D eigenvalue weighted by Crippen LogP contribution is -1.94. The van der Waals surface area contributed by atoms with Crippen LogP contribution in [0.4, 0.5) is 0 Å². The van der Waals surface area contributed by atoms with Crippen LogP contribution in [-0.4, -0.2) is 5.33 Å². The summed E-state index contributed by atoms with van der Waals surface area (Å²) in [5, 5.41) is 1.06. The van der Waals surface area contributed by atoms with Gasteiger partial charge < -0.3 is 0 Å². The molecule has 0 heterocycles. The van der Waals surface area contributed by atoms with Gasteiger partial charge in [0.05, 0.1) is 0 Å². The first kappa shape index (κ1) is 10.3. The minimum Gasteiger partial charge on any atom is -0.0928 e. The highest BCUT2D eigenvalue weighted by atomic mass is 79.9. The van der Waals surface area contributed by atoms with E-state index in [1.54, 1.807) is 0 Å². The number of hydrogen-bond acceptors (Lipinski definition) is 0. The largest absolute Gasteiger partial charge is 0.0928 e. The van der Waals surface area contributed by atoms with Crippen LogP contribution in [-0.2, 0) is 0 Å². The van der Waals surface area contributed by atoms with Gasteiger partial charge in [0.25, 0.3) is 0 Å². The number of rotatable bonds is 3. The monoisotopic (exact) mass is 290 g/mol. The van der Waals surface area contributed by atoms with E-state index in [-0.39, 0.29) is 0 Å². The zero-order chi connectivity index (χ0) is 8.97. The van der Waals surface area contributed by atoms with Crippen LogP contribution in [0.2, 0.25) is 0 Å². The Kier molecular flexibility index (Phi) is 4.30. The average molecular weight is 292 g/mol. The van der Waals surface area contributed by atoms with E-state index in [2.05, 4.69) is 63.0 Å². The maximum Gasteiger partial charge on any atom is 0.0210 e. The first-order chi connectivity index (χ1) is 5.75. The van der Waals surface area contributed by atoms with E-state index in [1.165, 1.54) is 16.5 Å². The van der Waals surface area contributed by atoms with Gasteiger partial charge in [0.2, 0.25) is 0 Å². The maximum absolute atomic E-state index is 3.55. The highest BCUT2D eigenvalue weighted by Crippen LogP contribution is 2.26. The van der Waals surface area contributed by atoms with Crippen LogP contribution in [0.15, 0.2) is 28.7 Å². The number of hydrogen-bond donors (Lipinski definition) is 0. The van der Waals surface area contributed by atoms with Crippen molar-refractivity contribution in [1.82, 2.24) is 0 Å². The van der Waals surface area contributed by atoms with Gasteiger partial charge in [-0.25, -0.2) is 0 Å². The predicted molar refractivity (Wildman–Crippen MR) is 61.0 cm³/mol. The van der Waals surface area contributed by atoms with Gasteiger partial charge in [0, 0.05) is 9.80 Å². The van der Waals surface area contributed by atoms with Crippen molar-refractivity contribution < 1.29 is 0 Å². The molecule has 66 valence electrons. The zero-order valence-corrected chi connectivity index (χ0v) is 10.2. The molecule has 0 N–H and O–H groups in total. The molecule has 1 rings (SSSR count). The second-order valence-electron chi connectivity index (χ2n) is 2.90. The predicted octanol–water partition coefficient (Wildman–Crippen LogP) is 4.34. The van der Waals surface area contributed by atoms with Crippen molar-refractivity contribution in [2.75, 3.05) is 5.33 Å². The number of alkyl halides is 1. The van der Waals surface area contributed by atoms with E-state index in [4.69, 9.17) is 0 Å². The molecule has 12 heavy (non-hydrogen) atoms. The smallest absolute Gasteiger partial charge is 0.0210 e. The van der Waals surface area contributed by atoms with Gasteiger partial charge in [-0.3, -0.25) is 0 Å². The van der Waals surface area contributed by atoms with Crippen LogP contribution in [0, 0.1) is 0 Å². The van der Waals surface area contributed by atoms with Gasteiger partial charge in [0.1, 0.15) is 0 Å². The fourth-order valence-electron chi connectivity index (χ4n) is 1.19. The highest BCUT2D eigenvalue weighted by Gasteiger charge is 2.06. The van der Waals surface area contributed by atoms with Crippen molar-refractivity contribution in [3.8, 4) is 0 Å². The standard InChI is InChI=1S/C10H12Br2/c1-8(6-7-11)9-4-2-3-5-10(9)12/h2-5,8H,6-7H2,1H3. The lowest BCUT2D eigenvalue weighted by atomic mass is 9.99. The van der Waals surface area contributed by atoms with Crippen molar-refractivity contribution in [3.05, 3.63) is 34.3 Å². The average Bonchev–Trinajstić information content (AvgIpc) is 2.05. The normalized spacial score (nSPS) is 12.9. The molecule has 1 atom stereocenters. The molecule has 0 aromatic heterocycles. The Bertz CT molecular complexity index is 245. The van der Waals surface area contributed by atoms with Gasteiger partial charge >= 0.3 is 0 Å². The van der Waals surface area contributed by atoms with Gasteiger partial charge in [0.15, 0.2) is 0 Å². The molecule has 0 aliphatic rings. The lowest BCUT2D eigenvalue weighted by molar-refractivity contribution is 0.740. The number of benzene rings is 1. The first-order valence-electron chi connectivity index (χ1n) is 4.06. The van der Waals surface area contributed by atoms with Crippen LogP contribution in [0.5, 0.6) is 0 Å². The summed E-state index contributed by atoms with van der Waals surface area (Å²) in [6, 6.07) is 8.41. The Balaban J connectivity index is 2.79. The zero-order valence-electron chi connectivity index (χ0n) is 7.06. The Morgan fingerprint density at radius 2 is 2.00 bits per heavy atom. The minimum atomic E-state index is 0.625. The Morgan fingerprint density at radius 3 is 2.58 bits per heavy atom. The summed E-state index contributed by atoms with van der Waals surface area (Å²) in [5.74, 6) is 0.625. The fraction of sp³-hybridized carbons (Fsp3) is 0.400. The Morgan fingerprint density at radius 1 is 1.33 bits per heavy atom. The van der Waals surface area contributed by atoms with Crippen LogP contribution < -0.4 is 0 Å². The molecule has 2 heteroatoms. The van der Waals surface area contributed by atoms with Crippen LogP contribution in [0.25, 0.3) is 0 Å². The maximum atomic E-state index is 3.55. The molecule has 0 aliphatic heterocycles. The summed E-state index contributed by atoms with van der Waals surface area (Å²) in [7, 11) is 0. The third kappa shape index (κ3) is 2.60. The second kappa shape index (κ2) is 5.03. The van der Waals surface area contributed by atoms with Crippen molar-refractivity contribution in [2.45, 2.75) is 19.3 Å². The summed E-state index contributed by atoms with van der Waals surface area (Å²) >= 11 is 7.01. The van der Waals surface area contributed by atoms with E-state index in [1.807, 2.05) is 0 Å². The van der Waals surface area contributed by atoms with E-state index in [0.29, 0.717) is 5.92 Å². The van der Waals surface area contributed by atoms with Crippen LogP contribution in [0.1, 0.15) is 24.8 Å². The summed E-state index contributed by atoms with van der Waals surface area (Å²) in [6.07, 6.45) is 1.18. The highest BCUT2D eigenvalue weighted by molar-refractivity contribution is 9.10. The lowest BCUT2D eigenvalue weighted by Gasteiger charge is -2.11. The van der Waals surface area contributed by atoms with Gasteiger partial charge in [-0.15, -0.1) is 0 Å². The Labute approximate surface area is 90.6 Å². The molecular weight excluding hydrogens is 280 g/mol. The Hall–Kier alpha value is 0.180. The molecule has 1 unspecified atom stereocenters. The first-order valence-corrected chi connectivity index (χ1v) is 5.97. The van der Waals surface area contributed by atoms with Crippen LogP contribution >= 0.6 is 31.9 Å². The van der Waals surface area contributed by atoms with Gasteiger partial charge in [-0.1, -0.05) is 57.0 Å². The van der Waals surface area contributed by atoms with Crippen LogP contribution in [0.3, 0.4) is 0 Å². The summed E-state index contributed by atoms with van der Waals surface area (Å²) in [6.45, 7) is 2.25. The molecule has 0 aliphatic carbocycles. The quantitative estimate of drug-likeness (QED) is 0.727. The molecular formula is C10H12Br2.